The van der Waals surface area contributed by atoms with E-state index in [4.69, 9.17) is 0 Å². The van der Waals surface area contributed by atoms with E-state index in [2.05, 4.69) is 17.1 Å². The molecule has 1 heterocycles. The molecule has 1 nitrogen and oxygen atoms in total. The van der Waals surface area contributed by atoms with Crippen molar-refractivity contribution in [2.45, 2.75) is 38.8 Å². The highest BCUT2D eigenvalue weighted by molar-refractivity contribution is 5.47. The molecule has 0 N–H and O–H groups in total. The van der Waals surface area contributed by atoms with Gasteiger partial charge in [-0.25, -0.2) is 0 Å². The van der Waals surface area contributed by atoms with Crippen LogP contribution in [-0.2, 0) is 12.6 Å². The van der Waals surface area contributed by atoms with E-state index >= 15 is 0 Å². The first kappa shape index (κ1) is 17.5. The van der Waals surface area contributed by atoms with Crippen molar-refractivity contribution in [2.24, 2.45) is 0 Å². The van der Waals surface area contributed by atoms with Crippen LogP contribution in [0.5, 0.6) is 0 Å². The lowest BCUT2D eigenvalue weighted by molar-refractivity contribution is -0.138. The van der Waals surface area contributed by atoms with Gasteiger partial charge in [0.2, 0.25) is 0 Å². The Morgan fingerprint density at radius 2 is 2.00 bits per heavy atom. The number of fused-ring (bicyclic) bond motifs is 1. The van der Waals surface area contributed by atoms with Crippen LogP contribution in [-0.4, -0.2) is 4.98 Å². The lowest BCUT2D eigenvalue weighted by atomic mass is 9.97. The van der Waals surface area contributed by atoms with Crippen molar-refractivity contribution < 1.29 is 13.2 Å². The van der Waals surface area contributed by atoms with Crippen molar-refractivity contribution in [3.05, 3.63) is 75.4 Å². The average molecular weight is 343 g/mol. The molecule has 1 aromatic carbocycles. The molecule has 1 aromatic heterocycles. The topological polar surface area (TPSA) is 12.9 Å². The molecule has 0 bridgehead atoms. The third-order valence-electron chi connectivity index (χ3n) is 4.32. The zero-order chi connectivity index (χ0) is 18.0. The summed E-state index contributed by atoms with van der Waals surface area (Å²) in [6.45, 7) is 3.46. The number of rotatable bonds is 3. The maximum absolute atomic E-state index is 13.4. The number of allylic oxidation sites excluding steroid dienone is 2. The minimum absolute atomic E-state index is 0.103. The van der Waals surface area contributed by atoms with Gasteiger partial charge in [-0.3, -0.25) is 4.98 Å². The van der Waals surface area contributed by atoms with Gasteiger partial charge in [0.15, 0.2) is 0 Å². The molecule has 0 atom stereocenters. The summed E-state index contributed by atoms with van der Waals surface area (Å²) >= 11 is 0. The van der Waals surface area contributed by atoms with Crippen LogP contribution in [0.2, 0.25) is 0 Å². The minimum atomic E-state index is -4.39. The van der Waals surface area contributed by atoms with Gasteiger partial charge in [-0.2, -0.15) is 13.2 Å². The molecular formula is C21H20F3N. The van der Waals surface area contributed by atoms with Crippen molar-refractivity contribution in [2.75, 3.05) is 0 Å². The maximum Gasteiger partial charge on any atom is 0.418 e. The number of hydrogen-bond donors (Lipinski definition) is 0. The van der Waals surface area contributed by atoms with Gasteiger partial charge >= 0.3 is 6.18 Å². The number of alkyl halides is 3. The Hall–Kier alpha value is -2.36. The fourth-order valence-corrected chi connectivity index (χ4v) is 3.13. The highest BCUT2D eigenvalue weighted by Gasteiger charge is 2.35. The van der Waals surface area contributed by atoms with Gasteiger partial charge in [0.05, 0.1) is 11.3 Å². The monoisotopic (exact) mass is 343 g/mol. The van der Waals surface area contributed by atoms with Crippen LogP contribution < -0.4 is 10.4 Å². The average Bonchev–Trinajstić information content (AvgIpc) is 2.80. The maximum atomic E-state index is 13.4. The number of nitrogens with zero attached hydrogens (tertiary/aromatic N) is 1. The van der Waals surface area contributed by atoms with Crippen LogP contribution >= 0.6 is 0 Å². The van der Waals surface area contributed by atoms with E-state index in [1.165, 1.54) is 6.07 Å². The highest BCUT2D eigenvalue weighted by Crippen LogP contribution is 2.34. The summed E-state index contributed by atoms with van der Waals surface area (Å²) in [5.74, 6) is -0.272. The fraction of sp³-hybridized carbons (Fsp3) is 0.286. The summed E-state index contributed by atoms with van der Waals surface area (Å²) in [6.07, 6.45) is 6.66. The van der Waals surface area contributed by atoms with Gasteiger partial charge in [-0.1, -0.05) is 56.4 Å². The molecule has 0 spiro atoms. The van der Waals surface area contributed by atoms with Crippen molar-refractivity contribution in [3.63, 3.8) is 0 Å². The molecule has 130 valence electrons. The van der Waals surface area contributed by atoms with E-state index in [0.29, 0.717) is 12.0 Å². The zero-order valence-corrected chi connectivity index (χ0v) is 14.3. The molecule has 2 aromatic rings. The lowest BCUT2D eigenvalue weighted by Crippen LogP contribution is -2.28. The second kappa shape index (κ2) is 6.87. The molecule has 25 heavy (non-hydrogen) atoms. The van der Waals surface area contributed by atoms with Crippen molar-refractivity contribution in [1.29, 1.82) is 0 Å². The predicted octanol–water partition coefficient (Wildman–Crippen LogP) is 4.34. The third kappa shape index (κ3) is 3.84. The van der Waals surface area contributed by atoms with E-state index < -0.39 is 11.7 Å². The Bertz CT molecular complexity index is 921. The minimum Gasteiger partial charge on any atom is -0.260 e. The number of hydrogen-bond acceptors (Lipinski definition) is 1. The van der Waals surface area contributed by atoms with Gasteiger partial charge in [0.1, 0.15) is 0 Å². The lowest BCUT2D eigenvalue weighted by Gasteiger charge is -2.16. The van der Waals surface area contributed by atoms with Crippen molar-refractivity contribution >= 4 is 12.2 Å². The second-order valence-electron chi connectivity index (χ2n) is 6.56. The van der Waals surface area contributed by atoms with Crippen LogP contribution in [0.25, 0.3) is 12.2 Å². The van der Waals surface area contributed by atoms with Crippen molar-refractivity contribution in [1.82, 2.24) is 4.98 Å². The first-order valence-electron chi connectivity index (χ1n) is 8.37. The van der Waals surface area contributed by atoms with E-state index in [-0.39, 0.29) is 11.6 Å². The quantitative estimate of drug-likeness (QED) is 0.808. The van der Waals surface area contributed by atoms with E-state index in [0.717, 1.165) is 22.4 Å². The Balaban J connectivity index is 2.06. The molecule has 0 amide bonds. The molecule has 0 unspecified atom stereocenters. The molecule has 1 aliphatic carbocycles. The largest absolute Gasteiger partial charge is 0.418 e. The number of pyridine rings is 1. The molecule has 3 rings (SSSR count). The van der Waals surface area contributed by atoms with Gasteiger partial charge in [0, 0.05) is 6.20 Å². The molecule has 0 fully saturated rings. The van der Waals surface area contributed by atoms with E-state index in [9.17, 15) is 13.2 Å². The van der Waals surface area contributed by atoms with Crippen LogP contribution in [0.1, 0.15) is 48.6 Å². The van der Waals surface area contributed by atoms with E-state index in [1.807, 2.05) is 30.4 Å². The predicted molar refractivity (Wildman–Crippen MR) is 94.5 cm³/mol. The van der Waals surface area contributed by atoms with Gasteiger partial charge < -0.3 is 0 Å². The highest BCUT2D eigenvalue weighted by atomic mass is 19.4. The standard InChI is InChI=1S/C21H20F3N/c1-14(2)20-19(21(22,23)24)12-15(13-25-20)11-17-9-6-8-16-7-4-3-5-10-18(16)17/h3,5-10,12-14H,4,11H2,1-2H3. The Morgan fingerprint density at radius 1 is 1.20 bits per heavy atom. The molecule has 0 radical (unpaired) electrons. The SMILES string of the molecule is CC(C)c1ncc(Cc2cccc3c2=CC=CCC=3)cc1C(F)(F)F. The smallest absolute Gasteiger partial charge is 0.260 e. The van der Waals surface area contributed by atoms with Crippen LogP contribution in [0.15, 0.2) is 42.6 Å². The van der Waals surface area contributed by atoms with Gasteiger partial charge in [0.25, 0.3) is 0 Å². The molecule has 1 aliphatic rings. The normalized spacial score (nSPS) is 13.8. The number of aromatic nitrogens is 1. The molecule has 0 saturated carbocycles. The Kier molecular flexibility index (Phi) is 4.80. The van der Waals surface area contributed by atoms with Crippen LogP contribution in [0.4, 0.5) is 13.2 Å². The molecule has 0 saturated heterocycles. The van der Waals surface area contributed by atoms with Crippen LogP contribution in [0, 0.1) is 0 Å². The van der Waals surface area contributed by atoms with E-state index in [1.54, 1.807) is 20.0 Å². The number of benzene rings is 1. The van der Waals surface area contributed by atoms with Crippen LogP contribution in [0.3, 0.4) is 0 Å². The summed E-state index contributed by atoms with van der Waals surface area (Å²) in [5, 5.41) is 2.18. The van der Waals surface area contributed by atoms with Crippen molar-refractivity contribution in [3.8, 4) is 0 Å². The van der Waals surface area contributed by atoms with Gasteiger partial charge in [-0.05, 0) is 46.4 Å². The molecular weight excluding hydrogens is 323 g/mol. The molecule has 4 heteroatoms. The summed E-state index contributed by atoms with van der Waals surface area (Å²) in [7, 11) is 0. The summed E-state index contributed by atoms with van der Waals surface area (Å²) in [4.78, 5) is 4.12. The molecule has 0 aliphatic heterocycles. The summed E-state index contributed by atoms with van der Waals surface area (Å²) < 4.78 is 40.2. The second-order valence-corrected chi connectivity index (χ2v) is 6.56. The summed E-state index contributed by atoms with van der Waals surface area (Å²) in [5.41, 5.74) is 1.06. The first-order valence-corrected chi connectivity index (χ1v) is 8.37. The number of halogens is 3. The first-order chi connectivity index (χ1) is 11.9. The fourth-order valence-electron chi connectivity index (χ4n) is 3.13. The summed E-state index contributed by atoms with van der Waals surface area (Å²) in [6, 6.07) is 7.19. The zero-order valence-electron chi connectivity index (χ0n) is 14.3. The van der Waals surface area contributed by atoms with Gasteiger partial charge in [-0.15, -0.1) is 0 Å². The Morgan fingerprint density at radius 3 is 2.72 bits per heavy atom. The third-order valence-corrected chi connectivity index (χ3v) is 4.32. The Labute approximate surface area is 145 Å².